The van der Waals surface area contributed by atoms with Gasteiger partial charge in [0.25, 0.3) is 0 Å². The van der Waals surface area contributed by atoms with Crippen molar-refractivity contribution in [3.05, 3.63) is 59.2 Å². The summed E-state index contributed by atoms with van der Waals surface area (Å²) < 4.78 is 37.5. The van der Waals surface area contributed by atoms with Gasteiger partial charge in [-0.3, -0.25) is 0 Å². The number of aromatic nitrogens is 5. The summed E-state index contributed by atoms with van der Waals surface area (Å²) in [4.78, 5) is 31.8. The van der Waals surface area contributed by atoms with E-state index in [1.54, 1.807) is 11.0 Å². The number of aryl methyl sites for hydroxylation is 2. The smallest absolute Gasteiger partial charge is 0.410 e. The second-order valence-electron chi connectivity index (χ2n) is 12.7. The first-order valence-corrected chi connectivity index (χ1v) is 14.9. The summed E-state index contributed by atoms with van der Waals surface area (Å²) in [5.41, 5.74) is 2.78. The predicted molar refractivity (Wildman–Crippen MR) is 160 cm³/mol. The molecule has 2 aliphatic heterocycles. The summed E-state index contributed by atoms with van der Waals surface area (Å²) in [6.07, 6.45) is 5.23. The van der Waals surface area contributed by atoms with Crippen molar-refractivity contribution in [3.8, 4) is 11.3 Å². The number of likely N-dealkylation sites (tertiary alicyclic amines) is 1. The standard InChI is InChI=1S/C32H37F2N7O2/c1-18-6-9-27-38-29-23(33)15-22(16-25(29)41(18)27)28-24(34)17-35-30(39-28)37-26-8-7-21(19(2)36-26)14-20-10-12-40(13-11-20)31(42)43-32(3,4)5/h7-8,15-18,20H,6,9-14H2,1-5H3,(H,35,36,37,39). The van der Waals surface area contributed by atoms with Crippen molar-refractivity contribution in [2.24, 2.45) is 5.92 Å². The topological polar surface area (TPSA) is 98.1 Å². The van der Waals surface area contributed by atoms with E-state index in [1.807, 2.05) is 44.4 Å². The first-order valence-electron chi connectivity index (χ1n) is 14.9. The molecular weight excluding hydrogens is 552 g/mol. The van der Waals surface area contributed by atoms with E-state index < -0.39 is 17.2 Å². The number of hydrogen-bond acceptors (Lipinski definition) is 7. The monoisotopic (exact) mass is 589 g/mol. The van der Waals surface area contributed by atoms with Crippen molar-refractivity contribution in [1.29, 1.82) is 0 Å². The maximum atomic E-state index is 15.1. The number of halogens is 2. The highest BCUT2D eigenvalue weighted by Gasteiger charge is 2.28. The normalized spacial score (nSPS) is 17.4. The molecular formula is C32H37F2N7O2. The average Bonchev–Trinajstić information content (AvgIpc) is 3.50. The molecule has 1 atom stereocenters. The Balaban J connectivity index is 1.14. The van der Waals surface area contributed by atoms with Crippen LogP contribution in [0.4, 0.5) is 25.3 Å². The number of piperidine rings is 1. The van der Waals surface area contributed by atoms with Gasteiger partial charge in [0.2, 0.25) is 5.95 Å². The zero-order valence-electron chi connectivity index (χ0n) is 25.2. The Kier molecular flexibility index (Phi) is 7.52. The van der Waals surface area contributed by atoms with Crippen LogP contribution in [-0.4, -0.2) is 54.2 Å². The van der Waals surface area contributed by atoms with E-state index in [4.69, 9.17) is 9.72 Å². The number of nitrogens with zero attached hydrogens (tertiary/aromatic N) is 6. The largest absolute Gasteiger partial charge is 0.444 e. The number of pyridine rings is 1. The number of hydrogen-bond donors (Lipinski definition) is 1. The van der Waals surface area contributed by atoms with E-state index >= 15 is 4.39 Å². The molecule has 1 saturated heterocycles. The minimum atomic E-state index is -0.643. The van der Waals surface area contributed by atoms with Crippen LogP contribution in [0.2, 0.25) is 0 Å². The highest BCUT2D eigenvalue weighted by Crippen LogP contribution is 2.35. The maximum Gasteiger partial charge on any atom is 0.410 e. The number of nitrogens with one attached hydrogen (secondary N) is 1. The van der Waals surface area contributed by atoms with Crippen molar-refractivity contribution < 1.29 is 18.3 Å². The molecule has 0 spiro atoms. The number of imidazole rings is 1. The SMILES string of the molecule is Cc1nc(Nc2ncc(F)c(-c3cc(F)c4nc5n(c4c3)C(C)CC5)n2)ccc1CC1CCN(C(=O)OC(C)(C)C)CC1. The van der Waals surface area contributed by atoms with E-state index in [9.17, 15) is 9.18 Å². The molecule has 1 N–H and O–H groups in total. The molecule has 0 radical (unpaired) electrons. The fraction of sp³-hybridized carbons (Fsp3) is 0.469. The first kappa shape index (κ1) is 28.9. The molecule has 226 valence electrons. The lowest BCUT2D eigenvalue weighted by molar-refractivity contribution is 0.0184. The maximum absolute atomic E-state index is 15.1. The molecule has 0 saturated carbocycles. The third-order valence-corrected chi connectivity index (χ3v) is 8.28. The lowest BCUT2D eigenvalue weighted by Crippen LogP contribution is -2.42. The van der Waals surface area contributed by atoms with E-state index in [0.29, 0.717) is 41.4 Å². The van der Waals surface area contributed by atoms with Gasteiger partial charge in [0.15, 0.2) is 11.6 Å². The summed E-state index contributed by atoms with van der Waals surface area (Å²) in [5, 5.41) is 3.08. The van der Waals surface area contributed by atoms with Gasteiger partial charge in [-0.25, -0.2) is 33.5 Å². The highest BCUT2D eigenvalue weighted by molar-refractivity contribution is 5.83. The Morgan fingerprint density at radius 3 is 2.56 bits per heavy atom. The zero-order chi connectivity index (χ0) is 30.5. The molecule has 9 nitrogen and oxygen atoms in total. The van der Waals surface area contributed by atoms with Gasteiger partial charge in [-0.05, 0) is 90.0 Å². The Morgan fingerprint density at radius 1 is 1.07 bits per heavy atom. The van der Waals surface area contributed by atoms with Crippen LogP contribution in [0.5, 0.6) is 0 Å². The molecule has 1 amide bonds. The third-order valence-electron chi connectivity index (χ3n) is 8.28. The molecule has 4 aromatic rings. The second-order valence-corrected chi connectivity index (χ2v) is 12.7. The van der Waals surface area contributed by atoms with Crippen molar-refractivity contribution >= 4 is 28.9 Å². The van der Waals surface area contributed by atoms with Gasteiger partial charge in [-0.1, -0.05) is 6.07 Å². The molecule has 3 aromatic heterocycles. The van der Waals surface area contributed by atoms with Gasteiger partial charge in [0, 0.05) is 36.8 Å². The molecule has 2 aliphatic rings. The average molecular weight is 590 g/mol. The number of carbonyl (C=O) groups excluding carboxylic acids is 1. The summed E-state index contributed by atoms with van der Waals surface area (Å²) in [6, 6.07) is 7.11. The van der Waals surface area contributed by atoms with Crippen LogP contribution in [0.15, 0.2) is 30.5 Å². The molecule has 5 heterocycles. The van der Waals surface area contributed by atoms with Gasteiger partial charge in [0.05, 0.1) is 11.7 Å². The van der Waals surface area contributed by atoms with Crippen LogP contribution in [0.25, 0.3) is 22.3 Å². The van der Waals surface area contributed by atoms with Gasteiger partial charge in [0.1, 0.15) is 28.5 Å². The minimum Gasteiger partial charge on any atom is -0.444 e. The van der Waals surface area contributed by atoms with E-state index in [2.05, 4.69) is 27.2 Å². The quantitative estimate of drug-likeness (QED) is 0.270. The fourth-order valence-corrected chi connectivity index (χ4v) is 6.05. The Morgan fingerprint density at radius 2 is 1.84 bits per heavy atom. The van der Waals surface area contributed by atoms with Crippen molar-refractivity contribution in [2.45, 2.75) is 78.4 Å². The number of anilines is 2. The van der Waals surface area contributed by atoms with Crippen LogP contribution in [-0.2, 0) is 17.6 Å². The predicted octanol–water partition coefficient (Wildman–Crippen LogP) is 6.92. The van der Waals surface area contributed by atoms with E-state index in [-0.39, 0.29) is 23.8 Å². The number of benzene rings is 1. The van der Waals surface area contributed by atoms with Crippen molar-refractivity contribution in [3.63, 3.8) is 0 Å². The molecule has 11 heteroatoms. The summed E-state index contributed by atoms with van der Waals surface area (Å²) in [5.74, 6) is 0.841. The molecule has 0 aliphatic carbocycles. The molecule has 0 bridgehead atoms. The number of rotatable bonds is 5. The second kappa shape index (κ2) is 11.2. The molecule has 1 fully saturated rings. The number of amides is 1. The van der Waals surface area contributed by atoms with Crippen molar-refractivity contribution in [1.82, 2.24) is 29.4 Å². The lowest BCUT2D eigenvalue weighted by atomic mass is 9.90. The summed E-state index contributed by atoms with van der Waals surface area (Å²) >= 11 is 0. The molecule has 1 unspecified atom stereocenters. The van der Waals surface area contributed by atoms with Crippen molar-refractivity contribution in [2.75, 3.05) is 18.4 Å². The summed E-state index contributed by atoms with van der Waals surface area (Å²) in [7, 11) is 0. The van der Waals surface area contributed by atoms with Crippen LogP contribution >= 0.6 is 0 Å². The zero-order valence-corrected chi connectivity index (χ0v) is 25.2. The molecule has 6 rings (SSSR count). The summed E-state index contributed by atoms with van der Waals surface area (Å²) in [6.45, 7) is 11.0. The number of carbonyl (C=O) groups is 1. The Bertz CT molecular complexity index is 1690. The number of ether oxygens (including phenoxy) is 1. The van der Waals surface area contributed by atoms with Crippen LogP contribution in [0.3, 0.4) is 0 Å². The lowest BCUT2D eigenvalue weighted by Gasteiger charge is -2.33. The third kappa shape index (κ3) is 6.03. The van der Waals surface area contributed by atoms with E-state index in [0.717, 1.165) is 55.4 Å². The fourth-order valence-electron chi connectivity index (χ4n) is 6.05. The van der Waals surface area contributed by atoms with Gasteiger partial charge in [-0.15, -0.1) is 0 Å². The van der Waals surface area contributed by atoms with Crippen LogP contribution in [0, 0.1) is 24.5 Å². The number of fused-ring (bicyclic) bond motifs is 3. The van der Waals surface area contributed by atoms with Gasteiger partial charge in [-0.2, -0.15) is 0 Å². The van der Waals surface area contributed by atoms with Gasteiger partial charge >= 0.3 is 6.09 Å². The first-order chi connectivity index (χ1) is 20.4. The molecule has 43 heavy (non-hydrogen) atoms. The molecule has 1 aromatic carbocycles. The highest BCUT2D eigenvalue weighted by atomic mass is 19.1. The van der Waals surface area contributed by atoms with Crippen LogP contribution < -0.4 is 5.32 Å². The van der Waals surface area contributed by atoms with Crippen LogP contribution in [0.1, 0.15) is 70.1 Å². The van der Waals surface area contributed by atoms with E-state index in [1.165, 1.54) is 6.07 Å². The Labute approximate surface area is 249 Å². The minimum absolute atomic E-state index is 0.00515. The van der Waals surface area contributed by atoms with Gasteiger partial charge < -0.3 is 19.5 Å². The Hall–Kier alpha value is -4.15.